The Morgan fingerprint density at radius 2 is 1.97 bits per heavy atom. The largest absolute Gasteiger partial charge is 0.497 e. The summed E-state index contributed by atoms with van der Waals surface area (Å²) in [4.78, 5) is 14.7. The molecule has 0 radical (unpaired) electrons. The average molecular weight is 416 g/mol. The maximum absolute atomic E-state index is 13.3. The zero-order valence-electron chi connectivity index (χ0n) is 16.1. The van der Waals surface area contributed by atoms with Crippen LogP contribution in [0.1, 0.15) is 40.5 Å². The Morgan fingerprint density at radius 3 is 2.73 bits per heavy atom. The maximum atomic E-state index is 13.3. The Kier molecular flexibility index (Phi) is 5.19. The van der Waals surface area contributed by atoms with Crippen molar-refractivity contribution in [3.63, 3.8) is 0 Å². The Labute approximate surface area is 170 Å². The number of likely N-dealkylation sites (tertiary alicyclic amines) is 1. The number of benzene rings is 2. The van der Waals surface area contributed by atoms with E-state index in [0.717, 1.165) is 29.2 Å². The molecule has 1 atom stereocenters. The van der Waals surface area contributed by atoms with Crippen molar-refractivity contribution >= 4 is 5.91 Å². The molecule has 2 heterocycles. The minimum absolute atomic E-state index is 0.00164. The number of ether oxygens (including phenoxy) is 1. The molecule has 6 nitrogen and oxygen atoms in total. The van der Waals surface area contributed by atoms with Crippen LogP contribution in [0.15, 0.2) is 54.7 Å². The summed E-state index contributed by atoms with van der Waals surface area (Å²) in [6.07, 6.45) is -1.70. The SMILES string of the molecule is COc1cccc(C2CCCN2C(=O)c2cn(-c3ccccc3C(F)(F)F)nn2)c1. The normalized spacial score (nSPS) is 16.7. The van der Waals surface area contributed by atoms with E-state index in [0.29, 0.717) is 12.3 Å². The van der Waals surface area contributed by atoms with Crippen LogP contribution in [0, 0.1) is 0 Å². The lowest BCUT2D eigenvalue weighted by Crippen LogP contribution is -2.30. The van der Waals surface area contributed by atoms with E-state index in [-0.39, 0.29) is 23.3 Å². The lowest BCUT2D eigenvalue weighted by Gasteiger charge is -2.24. The number of carbonyl (C=O) groups excluding carboxylic acids is 1. The number of carbonyl (C=O) groups is 1. The van der Waals surface area contributed by atoms with Gasteiger partial charge in [-0.05, 0) is 42.7 Å². The Bertz CT molecular complexity index is 1060. The molecule has 0 aliphatic carbocycles. The van der Waals surface area contributed by atoms with Crippen LogP contribution in [0.4, 0.5) is 13.2 Å². The molecule has 9 heteroatoms. The van der Waals surface area contributed by atoms with Crippen molar-refractivity contribution in [2.24, 2.45) is 0 Å². The van der Waals surface area contributed by atoms with Crippen molar-refractivity contribution < 1.29 is 22.7 Å². The topological polar surface area (TPSA) is 60.2 Å². The van der Waals surface area contributed by atoms with E-state index < -0.39 is 11.7 Å². The van der Waals surface area contributed by atoms with Gasteiger partial charge in [-0.1, -0.05) is 29.5 Å². The van der Waals surface area contributed by atoms with Crippen LogP contribution >= 0.6 is 0 Å². The van der Waals surface area contributed by atoms with Gasteiger partial charge in [0.2, 0.25) is 0 Å². The molecule has 0 N–H and O–H groups in total. The first-order valence-corrected chi connectivity index (χ1v) is 9.42. The monoisotopic (exact) mass is 416 g/mol. The van der Waals surface area contributed by atoms with Crippen LogP contribution in [0.2, 0.25) is 0 Å². The molecule has 0 bridgehead atoms. The molecule has 1 amide bonds. The first kappa shape index (κ1) is 19.9. The van der Waals surface area contributed by atoms with Gasteiger partial charge in [0.1, 0.15) is 5.75 Å². The van der Waals surface area contributed by atoms with E-state index in [4.69, 9.17) is 4.74 Å². The standard InChI is InChI=1S/C21H19F3N4O2/c1-30-15-7-4-6-14(12-15)18-10-5-11-27(18)20(29)17-13-28(26-25-17)19-9-3-2-8-16(19)21(22,23)24/h2-4,6-9,12-13,18H,5,10-11H2,1H3. The quantitative estimate of drug-likeness (QED) is 0.637. The predicted molar refractivity (Wildman–Crippen MR) is 102 cm³/mol. The van der Waals surface area contributed by atoms with Crippen molar-refractivity contribution in [3.8, 4) is 11.4 Å². The lowest BCUT2D eigenvalue weighted by atomic mass is 10.0. The Morgan fingerprint density at radius 1 is 1.17 bits per heavy atom. The highest BCUT2D eigenvalue weighted by Gasteiger charge is 2.35. The van der Waals surface area contributed by atoms with Crippen molar-refractivity contribution in [1.29, 1.82) is 0 Å². The zero-order valence-corrected chi connectivity index (χ0v) is 16.1. The summed E-state index contributed by atoms with van der Waals surface area (Å²) in [6.45, 7) is 0.534. The third-order valence-corrected chi connectivity index (χ3v) is 5.16. The van der Waals surface area contributed by atoms with Gasteiger partial charge in [0, 0.05) is 6.54 Å². The summed E-state index contributed by atoms with van der Waals surface area (Å²) in [7, 11) is 1.58. The molecule has 0 spiro atoms. The van der Waals surface area contributed by atoms with Crippen LogP contribution in [-0.4, -0.2) is 39.5 Å². The lowest BCUT2D eigenvalue weighted by molar-refractivity contribution is -0.137. The van der Waals surface area contributed by atoms with Crippen molar-refractivity contribution in [1.82, 2.24) is 19.9 Å². The summed E-state index contributed by atoms with van der Waals surface area (Å²) < 4.78 is 46.2. The molecule has 1 aliphatic rings. The number of rotatable bonds is 4. The molecule has 1 fully saturated rings. The van der Waals surface area contributed by atoms with Crippen LogP contribution in [0.3, 0.4) is 0 Å². The van der Waals surface area contributed by atoms with Crippen LogP contribution in [0.5, 0.6) is 5.75 Å². The average Bonchev–Trinajstić information content (AvgIpc) is 3.43. The molecule has 0 saturated carbocycles. The summed E-state index contributed by atoms with van der Waals surface area (Å²) in [5.41, 5.74) is -0.0802. The molecule has 2 aromatic carbocycles. The van der Waals surface area contributed by atoms with Gasteiger partial charge in [-0.2, -0.15) is 13.2 Å². The number of aromatic nitrogens is 3. The smallest absolute Gasteiger partial charge is 0.418 e. The molecule has 4 rings (SSSR count). The first-order chi connectivity index (χ1) is 14.4. The second kappa shape index (κ2) is 7.81. The maximum Gasteiger partial charge on any atom is 0.418 e. The fourth-order valence-corrected chi connectivity index (χ4v) is 3.74. The molecule has 156 valence electrons. The second-order valence-corrected chi connectivity index (χ2v) is 7.00. The summed E-state index contributed by atoms with van der Waals surface area (Å²) in [5.74, 6) is 0.331. The van der Waals surface area contributed by atoms with E-state index in [1.165, 1.54) is 24.4 Å². The van der Waals surface area contributed by atoms with Gasteiger partial charge in [-0.15, -0.1) is 5.10 Å². The summed E-state index contributed by atoms with van der Waals surface area (Å²) in [5, 5.41) is 7.63. The van der Waals surface area contributed by atoms with E-state index in [1.807, 2.05) is 24.3 Å². The minimum Gasteiger partial charge on any atom is -0.497 e. The number of hydrogen-bond donors (Lipinski definition) is 0. The number of nitrogens with zero attached hydrogens (tertiary/aromatic N) is 4. The van der Waals surface area contributed by atoms with Crippen molar-refractivity contribution in [2.75, 3.05) is 13.7 Å². The Hall–Kier alpha value is -3.36. The summed E-state index contributed by atoms with van der Waals surface area (Å²) in [6, 6.07) is 12.4. The number of alkyl halides is 3. The van der Waals surface area contributed by atoms with Gasteiger partial charge >= 0.3 is 6.18 Å². The predicted octanol–water partition coefficient (Wildman–Crippen LogP) is 4.27. The number of amides is 1. The van der Waals surface area contributed by atoms with Crippen molar-refractivity contribution in [3.05, 3.63) is 71.5 Å². The van der Waals surface area contributed by atoms with Gasteiger partial charge in [0.25, 0.3) is 5.91 Å². The van der Waals surface area contributed by atoms with Gasteiger partial charge in [-0.3, -0.25) is 4.79 Å². The fourth-order valence-electron chi connectivity index (χ4n) is 3.74. The highest BCUT2D eigenvalue weighted by Crippen LogP contribution is 2.35. The molecule has 1 aliphatic heterocycles. The van der Waals surface area contributed by atoms with E-state index in [1.54, 1.807) is 12.0 Å². The number of hydrogen-bond acceptors (Lipinski definition) is 4. The Balaban J connectivity index is 1.62. The van der Waals surface area contributed by atoms with Gasteiger partial charge in [0.15, 0.2) is 5.69 Å². The zero-order chi connectivity index (χ0) is 21.3. The van der Waals surface area contributed by atoms with Crippen LogP contribution in [-0.2, 0) is 6.18 Å². The first-order valence-electron chi connectivity index (χ1n) is 9.42. The van der Waals surface area contributed by atoms with Gasteiger partial charge in [0.05, 0.1) is 30.6 Å². The molecule has 3 aromatic rings. The molecule has 1 aromatic heterocycles. The molecular formula is C21H19F3N4O2. The van der Waals surface area contributed by atoms with E-state index >= 15 is 0 Å². The minimum atomic E-state index is -4.54. The van der Waals surface area contributed by atoms with Gasteiger partial charge < -0.3 is 9.64 Å². The van der Waals surface area contributed by atoms with Crippen molar-refractivity contribution in [2.45, 2.75) is 25.1 Å². The number of para-hydroxylation sites is 1. The van der Waals surface area contributed by atoms with E-state index in [9.17, 15) is 18.0 Å². The third kappa shape index (κ3) is 3.74. The molecule has 1 unspecified atom stereocenters. The van der Waals surface area contributed by atoms with Crippen LogP contribution in [0.25, 0.3) is 5.69 Å². The number of halogens is 3. The molecule has 30 heavy (non-hydrogen) atoms. The molecule has 1 saturated heterocycles. The third-order valence-electron chi connectivity index (χ3n) is 5.16. The second-order valence-electron chi connectivity index (χ2n) is 7.00. The van der Waals surface area contributed by atoms with Crippen LogP contribution < -0.4 is 4.74 Å². The van der Waals surface area contributed by atoms with Gasteiger partial charge in [-0.25, -0.2) is 4.68 Å². The highest BCUT2D eigenvalue weighted by molar-refractivity contribution is 5.92. The fraction of sp³-hybridized carbons (Fsp3) is 0.286. The summed E-state index contributed by atoms with van der Waals surface area (Å²) >= 11 is 0. The van der Waals surface area contributed by atoms with E-state index in [2.05, 4.69) is 10.3 Å². The molecular weight excluding hydrogens is 397 g/mol. The highest BCUT2D eigenvalue weighted by atomic mass is 19.4. The number of methoxy groups -OCH3 is 1.